The number of amides is 2. The molecule has 0 fully saturated rings. The van der Waals surface area contributed by atoms with Crippen LogP contribution in [0.1, 0.15) is 31.4 Å². The second kappa shape index (κ2) is 10.7. The molecular formula is C21H23Cl3N2O2. The van der Waals surface area contributed by atoms with Crippen LogP contribution >= 0.6 is 34.8 Å². The second-order valence-electron chi connectivity index (χ2n) is 6.46. The van der Waals surface area contributed by atoms with Crippen molar-refractivity contribution in [2.45, 2.75) is 39.3 Å². The summed E-state index contributed by atoms with van der Waals surface area (Å²) in [7, 11) is 0. The summed E-state index contributed by atoms with van der Waals surface area (Å²) in [5.74, 6) is -0.458. The third-order valence-corrected chi connectivity index (χ3v) is 5.48. The standard InChI is InChI=1S/C21H23Cl3N2O2/c1-3-11-25-21(28)14(2)26(13-16-18(23)9-6-10-19(16)24)20(27)12-15-7-4-5-8-17(15)22/h4-10,14H,3,11-13H2,1-2H3,(H,25,28). The number of rotatable bonds is 8. The predicted molar refractivity (Wildman–Crippen MR) is 115 cm³/mol. The number of carbonyl (C=O) groups is 2. The van der Waals surface area contributed by atoms with E-state index in [0.29, 0.717) is 32.7 Å². The van der Waals surface area contributed by atoms with Crippen LogP contribution in [0.3, 0.4) is 0 Å². The highest BCUT2D eigenvalue weighted by Gasteiger charge is 2.27. The number of benzene rings is 2. The van der Waals surface area contributed by atoms with Crippen molar-refractivity contribution in [2.24, 2.45) is 0 Å². The highest BCUT2D eigenvalue weighted by atomic mass is 35.5. The highest BCUT2D eigenvalue weighted by Crippen LogP contribution is 2.27. The van der Waals surface area contributed by atoms with Crippen LogP contribution in [0.25, 0.3) is 0 Å². The molecule has 150 valence electrons. The van der Waals surface area contributed by atoms with Crippen LogP contribution in [0.4, 0.5) is 0 Å². The molecule has 2 aromatic carbocycles. The summed E-state index contributed by atoms with van der Waals surface area (Å²) in [5.41, 5.74) is 1.30. The zero-order valence-corrected chi connectivity index (χ0v) is 18.1. The topological polar surface area (TPSA) is 49.4 Å². The molecule has 0 aliphatic carbocycles. The summed E-state index contributed by atoms with van der Waals surface area (Å²) in [6.45, 7) is 4.33. The van der Waals surface area contributed by atoms with Crippen molar-refractivity contribution in [1.29, 1.82) is 0 Å². The van der Waals surface area contributed by atoms with Gasteiger partial charge in [0.2, 0.25) is 11.8 Å². The first-order valence-corrected chi connectivity index (χ1v) is 10.2. The van der Waals surface area contributed by atoms with Gasteiger partial charge in [0.25, 0.3) is 0 Å². The summed E-state index contributed by atoms with van der Waals surface area (Å²) in [6.07, 6.45) is 0.884. The molecule has 4 nitrogen and oxygen atoms in total. The SMILES string of the molecule is CCCNC(=O)C(C)N(Cc1c(Cl)cccc1Cl)C(=O)Cc1ccccc1Cl. The van der Waals surface area contributed by atoms with E-state index in [1.165, 1.54) is 4.90 Å². The van der Waals surface area contributed by atoms with Crippen LogP contribution in [0.2, 0.25) is 15.1 Å². The average molecular weight is 442 g/mol. The van der Waals surface area contributed by atoms with Gasteiger partial charge in [0.15, 0.2) is 0 Å². The number of nitrogens with one attached hydrogen (secondary N) is 1. The first-order chi connectivity index (χ1) is 13.3. The Balaban J connectivity index is 2.30. The van der Waals surface area contributed by atoms with Gasteiger partial charge >= 0.3 is 0 Å². The molecule has 7 heteroatoms. The Hall–Kier alpha value is -1.75. The molecule has 0 heterocycles. The van der Waals surface area contributed by atoms with Crippen molar-refractivity contribution in [3.8, 4) is 0 Å². The molecular weight excluding hydrogens is 419 g/mol. The van der Waals surface area contributed by atoms with Gasteiger partial charge in [-0.3, -0.25) is 9.59 Å². The lowest BCUT2D eigenvalue weighted by molar-refractivity contribution is -0.140. The van der Waals surface area contributed by atoms with E-state index in [9.17, 15) is 9.59 Å². The van der Waals surface area contributed by atoms with Crippen LogP contribution in [-0.2, 0) is 22.6 Å². The van der Waals surface area contributed by atoms with E-state index in [2.05, 4.69) is 5.32 Å². The van der Waals surface area contributed by atoms with E-state index < -0.39 is 6.04 Å². The van der Waals surface area contributed by atoms with Gasteiger partial charge in [-0.1, -0.05) is 66.0 Å². The number of carbonyl (C=O) groups excluding carboxylic acids is 2. The minimum Gasteiger partial charge on any atom is -0.354 e. The fourth-order valence-electron chi connectivity index (χ4n) is 2.74. The second-order valence-corrected chi connectivity index (χ2v) is 7.68. The van der Waals surface area contributed by atoms with Crippen molar-refractivity contribution in [2.75, 3.05) is 6.54 Å². The summed E-state index contributed by atoms with van der Waals surface area (Å²) >= 11 is 18.8. The number of hydrogen-bond donors (Lipinski definition) is 1. The Labute approximate surface area is 180 Å². The Morgan fingerprint density at radius 3 is 2.21 bits per heavy atom. The highest BCUT2D eigenvalue weighted by molar-refractivity contribution is 6.36. The molecule has 1 unspecified atom stereocenters. The molecule has 2 rings (SSSR count). The zero-order valence-electron chi connectivity index (χ0n) is 15.8. The smallest absolute Gasteiger partial charge is 0.242 e. The van der Waals surface area contributed by atoms with Crippen LogP contribution in [0, 0.1) is 0 Å². The molecule has 28 heavy (non-hydrogen) atoms. The predicted octanol–water partition coefficient (Wildman–Crippen LogP) is 5.13. The van der Waals surface area contributed by atoms with Crippen LogP contribution in [-0.4, -0.2) is 29.3 Å². The van der Waals surface area contributed by atoms with Crippen LogP contribution in [0.5, 0.6) is 0 Å². The molecule has 2 amide bonds. The number of nitrogens with zero attached hydrogens (tertiary/aromatic N) is 1. The summed E-state index contributed by atoms with van der Waals surface area (Å²) in [6, 6.07) is 11.6. The molecule has 0 spiro atoms. The molecule has 0 saturated carbocycles. The van der Waals surface area contributed by atoms with E-state index in [1.807, 2.05) is 13.0 Å². The minimum atomic E-state index is -0.686. The maximum Gasteiger partial charge on any atom is 0.242 e. The molecule has 1 N–H and O–H groups in total. The van der Waals surface area contributed by atoms with Crippen molar-refractivity contribution in [3.05, 3.63) is 68.7 Å². The van der Waals surface area contributed by atoms with E-state index >= 15 is 0 Å². The molecule has 0 saturated heterocycles. The molecule has 0 aromatic heterocycles. The van der Waals surface area contributed by atoms with Crippen molar-refractivity contribution >= 4 is 46.6 Å². The fraction of sp³-hybridized carbons (Fsp3) is 0.333. The Kier molecular flexibility index (Phi) is 8.61. The third kappa shape index (κ3) is 5.87. The largest absolute Gasteiger partial charge is 0.354 e. The average Bonchev–Trinajstić information content (AvgIpc) is 2.67. The van der Waals surface area contributed by atoms with Gasteiger partial charge in [-0.05, 0) is 37.1 Å². The van der Waals surface area contributed by atoms with Gasteiger partial charge in [0.05, 0.1) is 6.42 Å². The lowest BCUT2D eigenvalue weighted by Gasteiger charge is -2.29. The summed E-state index contributed by atoms with van der Waals surface area (Å²) < 4.78 is 0. The van der Waals surface area contributed by atoms with Gasteiger partial charge < -0.3 is 10.2 Å². The van der Waals surface area contributed by atoms with E-state index in [1.54, 1.807) is 43.3 Å². The molecule has 0 bridgehead atoms. The van der Waals surface area contributed by atoms with Crippen molar-refractivity contribution < 1.29 is 9.59 Å². The van der Waals surface area contributed by atoms with E-state index in [0.717, 1.165) is 6.42 Å². The minimum absolute atomic E-state index is 0.0765. The molecule has 0 aliphatic heterocycles. The van der Waals surface area contributed by atoms with Crippen molar-refractivity contribution in [1.82, 2.24) is 10.2 Å². The monoisotopic (exact) mass is 440 g/mol. The van der Waals surface area contributed by atoms with E-state index in [4.69, 9.17) is 34.8 Å². The summed E-state index contributed by atoms with van der Waals surface area (Å²) in [4.78, 5) is 27.1. The molecule has 0 radical (unpaired) electrons. The van der Waals surface area contributed by atoms with Gasteiger partial charge in [-0.2, -0.15) is 0 Å². The molecule has 2 aromatic rings. The Morgan fingerprint density at radius 1 is 1.00 bits per heavy atom. The summed E-state index contributed by atoms with van der Waals surface area (Å²) in [5, 5.41) is 4.24. The Bertz CT molecular complexity index is 822. The third-order valence-electron chi connectivity index (χ3n) is 4.41. The quantitative estimate of drug-likeness (QED) is 0.617. The van der Waals surface area contributed by atoms with Gasteiger partial charge in [-0.15, -0.1) is 0 Å². The lowest BCUT2D eigenvalue weighted by atomic mass is 10.1. The zero-order chi connectivity index (χ0) is 20.7. The number of hydrogen-bond acceptors (Lipinski definition) is 2. The number of halogens is 3. The lowest BCUT2D eigenvalue weighted by Crippen LogP contribution is -2.48. The fourth-order valence-corrected chi connectivity index (χ4v) is 3.46. The molecule has 0 aliphatic rings. The van der Waals surface area contributed by atoms with Gasteiger partial charge in [0, 0.05) is 33.7 Å². The maximum absolute atomic E-state index is 13.1. The van der Waals surface area contributed by atoms with Crippen LogP contribution < -0.4 is 5.32 Å². The normalized spacial score (nSPS) is 11.8. The van der Waals surface area contributed by atoms with E-state index in [-0.39, 0.29) is 24.8 Å². The first kappa shape index (κ1) is 22.5. The van der Waals surface area contributed by atoms with Gasteiger partial charge in [0.1, 0.15) is 6.04 Å². The van der Waals surface area contributed by atoms with Crippen molar-refractivity contribution in [3.63, 3.8) is 0 Å². The van der Waals surface area contributed by atoms with Gasteiger partial charge in [-0.25, -0.2) is 0 Å². The maximum atomic E-state index is 13.1. The Morgan fingerprint density at radius 2 is 1.61 bits per heavy atom. The first-order valence-electron chi connectivity index (χ1n) is 9.08. The van der Waals surface area contributed by atoms with Crippen LogP contribution in [0.15, 0.2) is 42.5 Å². The molecule has 1 atom stereocenters.